The van der Waals surface area contributed by atoms with E-state index < -0.39 is 0 Å². The molecule has 0 atom stereocenters. The number of carbonyl (C=O) groups excluding carboxylic acids is 1. The van der Waals surface area contributed by atoms with Crippen LogP contribution in [-0.4, -0.2) is 36.7 Å². The van der Waals surface area contributed by atoms with Crippen LogP contribution < -0.4 is 14.8 Å². The Labute approximate surface area is 150 Å². The van der Waals surface area contributed by atoms with Gasteiger partial charge in [-0.3, -0.25) is 4.79 Å². The number of ether oxygens (including phenoxy) is 2. The Balaban J connectivity index is 2.05. The molecular weight excluding hydrogens is 378 g/mol. The van der Waals surface area contributed by atoms with E-state index >= 15 is 0 Å². The van der Waals surface area contributed by atoms with Gasteiger partial charge < -0.3 is 14.8 Å². The van der Waals surface area contributed by atoms with E-state index in [1.165, 1.54) is 0 Å². The van der Waals surface area contributed by atoms with E-state index in [4.69, 9.17) is 9.47 Å². The van der Waals surface area contributed by atoms with Gasteiger partial charge in [0.2, 0.25) is 5.91 Å². The number of thioether (sulfide) groups is 1. The first-order valence-electron chi connectivity index (χ1n) is 8.09. The van der Waals surface area contributed by atoms with Crippen LogP contribution in [0, 0.1) is 0 Å². The van der Waals surface area contributed by atoms with Gasteiger partial charge in [-0.2, -0.15) is 11.8 Å². The fourth-order valence-electron chi connectivity index (χ4n) is 2.54. The Morgan fingerprint density at radius 2 is 1.83 bits per heavy atom. The van der Waals surface area contributed by atoms with E-state index in [-0.39, 0.29) is 5.91 Å². The highest BCUT2D eigenvalue weighted by molar-refractivity contribution is 9.10. The second-order valence-electron chi connectivity index (χ2n) is 5.39. The van der Waals surface area contributed by atoms with Gasteiger partial charge in [0.1, 0.15) is 0 Å². The van der Waals surface area contributed by atoms with Crippen molar-refractivity contribution in [2.24, 2.45) is 0 Å². The number of nitrogens with one attached hydrogen (secondary N) is 1. The Morgan fingerprint density at radius 3 is 2.43 bits per heavy atom. The summed E-state index contributed by atoms with van der Waals surface area (Å²) >= 11 is 5.49. The number of hydrogen-bond donors (Lipinski definition) is 1. The van der Waals surface area contributed by atoms with Crippen LogP contribution in [0.1, 0.15) is 32.3 Å². The number of carbonyl (C=O) groups is 1. The fourth-order valence-corrected chi connectivity index (χ4v) is 4.11. The molecule has 1 aromatic rings. The maximum Gasteiger partial charge on any atom is 0.224 e. The molecule has 1 heterocycles. The van der Waals surface area contributed by atoms with Gasteiger partial charge in [-0.1, -0.05) is 15.9 Å². The second kappa shape index (κ2) is 9.42. The molecule has 4 nitrogen and oxygen atoms in total. The molecule has 0 radical (unpaired) electrons. The Bertz CT molecular complexity index is 533. The molecule has 1 N–H and O–H groups in total. The largest absolute Gasteiger partial charge is 0.490 e. The molecule has 0 aliphatic carbocycles. The normalized spacial score (nSPS) is 15.3. The van der Waals surface area contributed by atoms with Crippen molar-refractivity contribution in [1.29, 1.82) is 0 Å². The van der Waals surface area contributed by atoms with Gasteiger partial charge >= 0.3 is 0 Å². The maximum atomic E-state index is 12.3. The summed E-state index contributed by atoms with van der Waals surface area (Å²) in [6, 6.07) is 4.10. The van der Waals surface area contributed by atoms with Crippen LogP contribution in [0.15, 0.2) is 16.6 Å². The lowest BCUT2D eigenvalue weighted by Crippen LogP contribution is -2.38. The summed E-state index contributed by atoms with van der Waals surface area (Å²) in [4.78, 5) is 12.3. The van der Waals surface area contributed by atoms with Crippen molar-refractivity contribution < 1.29 is 14.3 Å². The molecule has 1 aromatic carbocycles. The summed E-state index contributed by atoms with van der Waals surface area (Å²) < 4.78 is 12.1. The van der Waals surface area contributed by atoms with Crippen molar-refractivity contribution >= 4 is 33.6 Å². The number of benzene rings is 1. The minimum absolute atomic E-state index is 0.0641. The molecule has 0 bridgehead atoms. The molecule has 1 aliphatic heterocycles. The van der Waals surface area contributed by atoms with Crippen molar-refractivity contribution in [2.45, 2.75) is 39.2 Å². The summed E-state index contributed by atoms with van der Waals surface area (Å²) in [5, 5.41) is 3.14. The van der Waals surface area contributed by atoms with Gasteiger partial charge in [-0.15, -0.1) is 0 Å². The van der Waals surface area contributed by atoms with Gasteiger partial charge in [0.25, 0.3) is 0 Å². The van der Waals surface area contributed by atoms with E-state index in [0.717, 1.165) is 34.4 Å². The number of amides is 1. The lowest BCUT2D eigenvalue weighted by atomic mass is 10.1. The highest BCUT2D eigenvalue weighted by atomic mass is 79.9. The molecule has 0 unspecified atom stereocenters. The van der Waals surface area contributed by atoms with Gasteiger partial charge in [0.15, 0.2) is 11.5 Å². The highest BCUT2D eigenvalue weighted by Gasteiger charge is 2.18. The third-order valence-electron chi connectivity index (χ3n) is 3.65. The molecule has 6 heteroatoms. The second-order valence-corrected chi connectivity index (χ2v) is 7.47. The summed E-state index contributed by atoms with van der Waals surface area (Å²) in [5.74, 6) is 3.72. The topological polar surface area (TPSA) is 47.6 Å². The third-order valence-corrected chi connectivity index (χ3v) is 5.44. The summed E-state index contributed by atoms with van der Waals surface area (Å²) in [6.45, 7) is 5.01. The standard InChI is InChI=1S/C17H24BrNO3S/c1-3-21-15-9-12(14(18)11-16(15)22-4-2)10-17(20)19-13-5-7-23-8-6-13/h9,11,13H,3-8,10H2,1-2H3,(H,19,20). The first-order valence-corrected chi connectivity index (χ1v) is 10.0. The molecule has 1 fully saturated rings. The first kappa shape index (κ1) is 18.5. The average molecular weight is 402 g/mol. The van der Waals surface area contributed by atoms with E-state index in [1.807, 2.05) is 37.7 Å². The van der Waals surface area contributed by atoms with Crippen LogP contribution >= 0.6 is 27.7 Å². The molecule has 0 spiro atoms. The Kier molecular flexibility index (Phi) is 7.56. The molecule has 1 amide bonds. The number of halogens is 1. The smallest absolute Gasteiger partial charge is 0.224 e. The molecule has 2 rings (SSSR count). The molecular formula is C17H24BrNO3S. The summed E-state index contributed by atoms with van der Waals surface area (Å²) in [6.07, 6.45) is 2.47. The predicted octanol–water partition coefficient (Wildman–Crippen LogP) is 3.80. The monoisotopic (exact) mass is 401 g/mol. The van der Waals surface area contributed by atoms with Gasteiger partial charge in [0, 0.05) is 10.5 Å². The third kappa shape index (κ3) is 5.60. The Morgan fingerprint density at radius 1 is 1.22 bits per heavy atom. The van der Waals surface area contributed by atoms with E-state index in [9.17, 15) is 4.79 Å². The van der Waals surface area contributed by atoms with Crippen LogP contribution in [0.2, 0.25) is 0 Å². The van der Waals surface area contributed by atoms with Gasteiger partial charge in [-0.05, 0) is 55.9 Å². The SMILES string of the molecule is CCOc1cc(Br)c(CC(=O)NC2CCSCC2)cc1OCC. The average Bonchev–Trinajstić information content (AvgIpc) is 2.53. The van der Waals surface area contributed by atoms with Crippen LogP contribution in [0.3, 0.4) is 0 Å². The zero-order valence-corrected chi connectivity index (χ0v) is 16.1. The zero-order chi connectivity index (χ0) is 16.7. The van der Waals surface area contributed by atoms with Crippen molar-refractivity contribution in [1.82, 2.24) is 5.32 Å². The molecule has 23 heavy (non-hydrogen) atoms. The minimum Gasteiger partial charge on any atom is -0.490 e. The zero-order valence-electron chi connectivity index (χ0n) is 13.7. The maximum absolute atomic E-state index is 12.3. The van der Waals surface area contributed by atoms with Gasteiger partial charge in [0.05, 0.1) is 19.6 Å². The van der Waals surface area contributed by atoms with Crippen LogP contribution in [-0.2, 0) is 11.2 Å². The number of rotatable bonds is 7. The Hall–Kier alpha value is -0.880. The van der Waals surface area contributed by atoms with Crippen molar-refractivity contribution in [3.05, 3.63) is 22.2 Å². The lowest BCUT2D eigenvalue weighted by Gasteiger charge is -2.22. The van der Waals surface area contributed by atoms with Crippen LogP contribution in [0.25, 0.3) is 0 Å². The summed E-state index contributed by atoms with van der Waals surface area (Å²) in [7, 11) is 0. The number of hydrogen-bond acceptors (Lipinski definition) is 4. The van der Waals surface area contributed by atoms with E-state index in [1.54, 1.807) is 0 Å². The first-order chi connectivity index (χ1) is 11.1. The molecule has 0 aromatic heterocycles. The van der Waals surface area contributed by atoms with Crippen molar-refractivity contribution in [3.8, 4) is 11.5 Å². The molecule has 1 aliphatic rings. The highest BCUT2D eigenvalue weighted by Crippen LogP contribution is 2.34. The fraction of sp³-hybridized carbons (Fsp3) is 0.588. The van der Waals surface area contributed by atoms with E-state index in [0.29, 0.717) is 37.2 Å². The van der Waals surface area contributed by atoms with Crippen LogP contribution in [0.5, 0.6) is 11.5 Å². The molecule has 1 saturated heterocycles. The minimum atomic E-state index is 0.0641. The molecule has 128 valence electrons. The van der Waals surface area contributed by atoms with Gasteiger partial charge in [-0.25, -0.2) is 0 Å². The quantitative estimate of drug-likeness (QED) is 0.754. The van der Waals surface area contributed by atoms with Crippen molar-refractivity contribution in [2.75, 3.05) is 24.7 Å². The lowest BCUT2D eigenvalue weighted by molar-refractivity contribution is -0.121. The predicted molar refractivity (Wildman–Crippen MR) is 98.7 cm³/mol. The van der Waals surface area contributed by atoms with Crippen LogP contribution in [0.4, 0.5) is 0 Å². The van der Waals surface area contributed by atoms with E-state index in [2.05, 4.69) is 21.2 Å². The van der Waals surface area contributed by atoms with Crippen molar-refractivity contribution in [3.63, 3.8) is 0 Å². The molecule has 0 saturated carbocycles. The summed E-state index contributed by atoms with van der Waals surface area (Å²) in [5.41, 5.74) is 0.916.